The lowest BCUT2D eigenvalue weighted by atomic mass is 9.75. The van der Waals surface area contributed by atoms with E-state index in [1.165, 1.54) is 28.4 Å². The van der Waals surface area contributed by atoms with Crippen molar-refractivity contribution in [2.75, 3.05) is 41.5 Å². The first-order chi connectivity index (χ1) is 28.8. The summed E-state index contributed by atoms with van der Waals surface area (Å²) in [6.07, 6.45) is 4.02. The van der Waals surface area contributed by atoms with E-state index in [2.05, 4.69) is 46.6 Å². The molecule has 0 aliphatic carbocycles. The summed E-state index contributed by atoms with van der Waals surface area (Å²) >= 11 is 0. The molecule has 7 rings (SSSR count). The average molecular weight is 827 g/mol. The summed E-state index contributed by atoms with van der Waals surface area (Å²) in [5, 5.41) is 5.26. The Balaban J connectivity index is 1.08. The predicted octanol–water partition coefficient (Wildman–Crippen LogP) is 5.74. The minimum Gasteiger partial charge on any atom is -0.457 e. The van der Waals surface area contributed by atoms with Gasteiger partial charge in [0.15, 0.2) is 0 Å². The second-order valence-corrected chi connectivity index (χ2v) is 16.0. The number of ether oxygens (including phenoxy) is 5. The lowest BCUT2D eigenvalue weighted by Crippen LogP contribution is -2.54. The molecular formula is C43H54N8O9. The Morgan fingerprint density at radius 3 is 1.68 bits per heavy atom. The van der Waals surface area contributed by atoms with E-state index >= 15 is 0 Å². The number of imidazole rings is 2. The molecule has 5 heterocycles. The van der Waals surface area contributed by atoms with Gasteiger partial charge in [-0.25, -0.2) is 19.6 Å². The summed E-state index contributed by atoms with van der Waals surface area (Å²) in [7, 11) is 5.50. The second-order valence-electron chi connectivity index (χ2n) is 16.0. The maximum Gasteiger partial charge on any atom is 0.407 e. The van der Waals surface area contributed by atoms with Crippen LogP contribution in [0.3, 0.4) is 0 Å². The van der Waals surface area contributed by atoms with Gasteiger partial charge in [0.2, 0.25) is 11.8 Å². The van der Waals surface area contributed by atoms with Crippen LogP contribution in [0.2, 0.25) is 0 Å². The smallest absolute Gasteiger partial charge is 0.407 e. The third-order valence-electron chi connectivity index (χ3n) is 12.2. The molecule has 3 aliphatic rings. The molecule has 0 radical (unpaired) electrons. The number of H-pyrrole nitrogens is 2. The summed E-state index contributed by atoms with van der Waals surface area (Å²) in [5.41, 5.74) is 5.00. The van der Waals surface area contributed by atoms with Crippen LogP contribution in [0.4, 0.5) is 9.59 Å². The third-order valence-corrected chi connectivity index (χ3v) is 12.2. The molecule has 0 spiro atoms. The second kappa shape index (κ2) is 17.3. The summed E-state index contributed by atoms with van der Waals surface area (Å²) < 4.78 is 26.9. The Morgan fingerprint density at radius 1 is 0.717 bits per heavy atom. The molecule has 4 amide bonds. The number of hydrogen-bond donors (Lipinski definition) is 4. The van der Waals surface area contributed by atoms with Gasteiger partial charge in [-0.3, -0.25) is 9.59 Å². The van der Waals surface area contributed by atoms with E-state index in [-0.39, 0.29) is 23.9 Å². The van der Waals surface area contributed by atoms with E-state index in [0.29, 0.717) is 31.2 Å². The normalized spacial score (nSPS) is 19.9. The number of benzene rings is 2. The first-order valence-electron chi connectivity index (χ1n) is 20.2. The van der Waals surface area contributed by atoms with Crippen molar-refractivity contribution in [3.05, 3.63) is 71.6 Å². The molecule has 2 saturated heterocycles. The Labute approximate surface area is 348 Å². The molecule has 0 saturated carbocycles. The van der Waals surface area contributed by atoms with Gasteiger partial charge in [0, 0.05) is 55.0 Å². The molecule has 6 atom stereocenters. The number of rotatable bonds is 12. The summed E-state index contributed by atoms with van der Waals surface area (Å²) in [4.78, 5) is 71.5. The Bertz CT molecular complexity index is 2240. The minimum absolute atomic E-state index is 0.262. The van der Waals surface area contributed by atoms with E-state index in [0.717, 1.165) is 64.4 Å². The van der Waals surface area contributed by atoms with Crippen molar-refractivity contribution in [1.29, 1.82) is 0 Å². The van der Waals surface area contributed by atoms with Gasteiger partial charge >= 0.3 is 12.2 Å². The number of hydrogen-bond acceptors (Lipinski definition) is 11. The summed E-state index contributed by atoms with van der Waals surface area (Å²) in [5.74, 6) is 2.27. The monoisotopic (exact) mass is 826 g/mol. The van der Waals surface area contributed by atoms with Crippen molar-refractivity contribution in [2.24, 2.45) is 0 Å². The molecule has 0 unspecified atom stereocenters. The van der Waals surface area contributed by atoms with Crippen molar-refractivity contribution in [1.82, 2.24) is 40.4 Å². The molecule has 3 aliphatic heterocycles. The van der Waals surface area contributed by atoms with Crippen LogP contribution in [-0.4, -0.2) is 120 Å². The molecular weight excluding hydrogens is 773 g/mol. The number of methoxy groups -OCH3 is 4. The summed E-state index contributed by atoms with van der Waals surface area (Å²) in [6.45, 7) is 8.84. The zero-order valence-electron chi connectivity index (χ0n) is 35.3. The van der Waals surface area contributed by atoms with E-state index < -0.39 is 41.9 Å². The first kappa shape index (κ1) is 42.2. The van der Waals surface area contributed by atoms with Crippen molar-refractivity contribution in [3.8, 4) is 34.0 Å². The van der Waals surface area contributed by atoms with Crippen molar-refractivity contribution in [3.63, 3.8) is 0 Å². The van der Waals surface area contributed by atoms with Crippen molar-refractivity contribution < 1.29 is 42.9 Å². The molecule has 4 aromatic rings. The molecule has 0 bridgehead atoms. The van der Waals surface area contributed by atoms with Crippen LogP contribution in [0.5, 0.6) is 11.5 Å². The summed E-state index contributed by atoms with van der Waals surface area (Å²) in [6, 6.07) is 9.77. The number of amides is 4. The van der Waals surface area contributed by atoms with Crippen LogP contribution in [-0.2, 0) is 34.0 Å². The van der Waals surface area contributed by atoms with Crippen LogP contribution < -0.4 is 15.4 Å². The average Bonchev–Trinajstić information content (AvgIpc) is 4.10. The van der Waals surface area contributed by atoms with Crippen molar-refractivity contribution >= 4 is 24.0 Å². The van der Waals surface area contributed by atoms with Gasteiger partial charge < -0.3 is 54.1 Å². The number of alkyl carbamates (subject to hydrolysis) is 2. The third kappa shape index (κ3) is 8.02. The largest absolute Gasteiger partial charge is 0.457 e. The van der Waals surface area contributed by atoms with Crippen molar-refractivity contribution in [2.45, 2.75) is 95.2 Å². The Kier molecular flexibility index (Phi) is 12.2. The van der Waals surface area contributed by atoms with Crippen LogP contribution in [0.15, 0.2) is 48.8 Å². The van der Waals surface area contributed by atoms with Crippen LogP contribution >= 0.6 is 0 Å². The number of aromatic nitrogens is 4. The number of nitrogens with zero attached hydrogens (tertiary/aromatic N) is 4. The highest BCUT2D eigenvalue weighted by Gasteiger charge is 2.41. The predicted molar refractivity (Wildman–Crippen MR) is 219 cm³/mol. The fourth-order valence-corrected chi connectivity index (χ4v) is 8.53. The SMILES string of the molecule is COC(=O)N[C@H](C(=O)N1CCC[C@H]1c1ncc(-c2ccc3c(c2)Oc2ccc(-c4cnc([C@@H]5CCCN5C(=O)[C@@H](NC(=O)OC)[C@H](C)OC)[nH]4)cc2C3(C)C)[nH]1)[C@H](C)OC. The zero-order chi connectivity index (χ0) is 42.9. The maximum absolute atomic E-state index is 13.7. The van der Waals surface area contributed by atoms with Gasteiger partial charge in [-0.05, 0) is 63.8 Å². The molecule has 2 fully saturated rings. The van der Waals surface area contributed by atoms with Gasteiger partial charge in [0.05, 0.1) is 62.3 Å². The topological polar surface area (TPSA) is 202 Å². The highest BCUT2D eigenvalue weighted by Crippen LogP contribution is 2.50. The number of likely N-dealkylation sites (tertiary alicyclic amines) is 2. The molecule has 2 aromatic heterocycles. The van der Waals surface area contributed by atoms with E-state index in [9.17, 15) is 19.2 Å². The van der Waals surface area contributed by atoms with E-state index in [1.807, 2.05) is 24.3 Å². The van der Waals surface area contributed by atoms with Crippen LogP contribution in [0.25, 0.3) is 22.5 Å². The molecule has 2 aromatic carbocycles. The standard InChI is InChI=1S/C43H54N8O9/c1-23(56-5)35(48-41(54)58-7)39(52)50-17-9-11-31(50)37-44-21-29(46-37)25-14-16-33-28(19-25)43(3,4)27-15-13-26(20-34(27)60-33)30-22-45-38(47-30)32-12-10-18-51(32)40(53)36(24(2)57-6)49-42(55)59-8/h13-16,19-24,31-32,35-36H,9-12,17-18H2,1-8H3,(H,44,46)(H,45,47)(H,48,54)(H,49,55)/t23-,24-,31-,32-,35-,36-/m0/s1. The van der Waals surface area contributed by atoms with Gasteiger partial charge in [0.1, 0.15) is 35.2 Å². The fourth-order valence-electron chi connectivity index (χ4n) is 8.53. The number of fused-ring (bicyclic) bond motifs is 2. The number of carbonyl (C=O) groups excluding carboxylic acids is 4. The van der Waals surface area contributed by atoms with E-state index in [1.54, 1.807) is 36.0 Å². The molecule has 17 heteroatoms. The lowest BCUT2D eigenvalue weighted by molar-refractivity contribution is -0.138. The molecule has 320 valence electrons. The van der Waals surface area contributed by atoms with Gasteiger partial charge in [-0.2, -0.15) is 0 Å². The first-order valence-corrected chi connectivity index (χ1v) is 20.2. The van der Waals surface area contributed by atoms with Crippen LogP contribution in [0.1, 0.15) is 88.2 Å². The molecule has 60 heavy (non-hydrogen) atoms. The fraction of sp³-hybridized carbons (Fsp3) is 0.488. The van der Waals surface area contributed by atoms with Gasteiger partial charge in [-0.15, -0.1) is 0 Å². The molecule has 4 N–H and O–H groups in total. The van der Waals surface area contributed by atoms with Gasteiger partial charge in [-0.1, -0.05) is 26.0 Å². The quantitative estimate of drug-likeness (QED) is 0.136. The number of carbonyl (C=O) groups is 4. The minimum atomic E-state index is -0.919. The Morgan fingerprint density at radius 2 is 1.20 bits per heavy atom. The number of aromatic amines is 2. The van der Waals surface area contributed by atoms with E-state index in [4.69, 9.17) is 33.7 Å². The van der Waals surface area contributed by atoms with Crippen LogP contribution in [0, 0.1) is 0 Å². The highest BCUT2D eigenvalue weighted by molar-refractivity contribution is 5.87. The lowest BCUT2D eigenvalue weighted by Gasteiger charge is -2.35. The zero-order valence-corrected chi connectivity index (χ0v) is 35.3. The molecule has 17 nitrogen and oxygen atoms in total. The number of nitrogens with one attached hydrogen (secondary N) is 4. The highest BCUT2D eigenvalue weighted by atomic mass is 16.5. The maximum atomic E-state index is 13.7. The Hall–Kier alpha value is -5.94. The van der Waals surface area contributed by atoms with Gasteiger partial charge in [0.25, 0.3) is 0 Å².